The number of primary amides is 1. The van der Waals surface area contributed by atoms with E-state index in [1.54, 1.807) is 11.3 Å². The molecule has 3 rings (SSSR count). The maximum atomic E-state index is 10.9. The number of carbonyl (C=O) groups excluding carboxylic acids is 1. The Bertz CT molecular complexity index is 636. The number of carbonyl (C=O) groups is 1. The zero-order valence-corrected chi connectivity index (χ0v) is 11.9. The molecule has 1 heterocycles. The van der Waals surface area contributed by atoms with Crippen molar-refractivity contribution in [2.24, 2.45) is 5.73 Å². The minimum atomic E-state index is -0.511. The van der Waals surface area contributed by atoms with Crippen molar-refractivity contribution in [1.82, 2.24) is 0 Å². The Morgan fingerprint density at radius 2 is 2.22 bits per heavy atom. The number of thiophene rings is 1. The first-order valence-corrected chi connectivity index (χ1v) is 7.23. The SMILES string of the molecule is NC(=O)Nc1cc2c(s1)-c1cccc(Br)c1CC2. The second-order valence-electron chi connectivity index (χ2n) is 4.22. The van der Waals surface area contributed by atoms with Crippen molar-refractivity contribution < 1.29 is 4.79 Å². The first kappa shape index (κ1) is 11.7. The van der Waals surface area contributed by atoms with Crippen LogP contribution in [0.15, 0.2) is 28.7 Å². The van der Waals surface area contributed by atoms with Gasteiger partial charge in [-0.05, 0) is 41.7 Å². The average Bonchev–Trinajstić information content (AvgIpc) is 2.71. The number of halogens is 1. The predicted molar refractivity (Wildman–Crippen MR) is 78.1 cm³/mol. The Morgan fingerprint density at radius 3 is 3.00 bits per heavy atom. The molecule has 5 heteroatoms. The van der Waals surface area contributed by atoms with E-state index < -0.39 is 6.03 Å². The lowest BCUT2D eigenvalue weighted by Crippen LogP contribution is -2.18. The molecule has 0 bridgehead atoms. The minimum absolute atomic E-state index is 0.511. The number of benzene rings is 1. The van der Waals surface area contributed by atoms with Crippen LogP contribution in [0.4, 0.5) is 9.80 Å². The molecule has 0 saturated heterocycles. The highest BCUT2D eigenvalue weighted by Crippen LogP contribution is 2.43. The van der Waals surface area contributed by atoms with E-state index in [9.17, 15) is 4.79 Å². The maximum absolute atomic E-state index is 10.9. The third-order valence-corrected chi connectivity index (χ3v) is 4.93. The third-order valence-electron chi connectivity index (χ3n) is 3.06. The third kappa shape index (κ3) is 1.93. The molecule has 0 fully saturated rings. The molecule has 2 amide bonds. The van der Waals surface area contributed by atoms with Crippen LogP contribution in [0.1, 0.15) is 11.1 Å². The van der Waals surface area contributed by atoms with Crippen LogP contribution in [0, 0.1) is 0 Å². The first-order chi connectivity index (χ1) is 8.65. The van der Waals surface area contributed by atoms with Gasteiger partial charge in [0.2, 0.25) is 0 Å². The van der Waals surface area contributed by atoms with Crippen LogP contribution in [0.25, 0.3) is 10.4 Å². The second kappa shape index (κ2) is 4.40. The lowest BCUT2D eigenvalue weighted by Gasteiger charge is -2.17. The van der Waals surface area contributed by atoms with E-state index in [-0.39, 0.29) is 0 Å². The zero-order valence-electron chi connectivity index (χ0n) is 9.50. The number of nitrogens with two attached hydrogens (primary N) is 1. The largest absolute Gasteiger partial charge is 0.351 e. The molecule has 1 aliphatic carbocycles. The van der Waals surface area contributed by atoms with Gasteiger partial charge in [0.05, 0.1) is 5.00 Å². The summed E-state index contributed by atoms with van der Waals surface area (Å²) in [7, 11) is 0. The summed E-state index contributed by atoms with van der Waals surface area (Å²) >= 11 is 5.18. The van der Waals surface area contributed by atoms with E-state index in [2.05, 4.69) is 33.4 Å². The van der Waals surface area contributed by atoms with Crippen molar-refractivity contribution in [3.63, 3.8) is 0 Å². The van der Waals surface area contributed by atoms with Crippen LogP contribution < -0.4 is 11.1 Å². The Hall–Kier alpha value is -1.33. The van der Waals surface area contributed by atoms with Crippen LogP contribution in [-0.2, 0) is 12.8 Å². The van der Waals surface area contributed by atoms with Crippen molar-refractivity contribution in [2.45, 2.75) is 12.8 Å². The van der Waals surface area contributed by atoms with Crippen LogP contribution in [0.5, 0.6) is 0 Å². The van der Waals surface area contributed by atoms with E-state index in [1.165, 1.54) is 21.6 Å². The number of urea groups is 1. The molecule has 3 nitrogen and oxygen atoms in total. The van der Waals surface area contributed by atoms with Gasteiger partial charge in [0.25, 0.3) is 0 Å². The summed E-state index contributed by atoms with van der Waals surface area (Å²) in [6, 6.07) is 7.75. The molecule has 1 aromatic carbocycles. The molecule has 0 atom stereocenters. The fourth-order valence-electron chi connectivity index (χ4n) is 2.31. The van der Waals surface area contributed by atoms with Gasteiger partial charge < -0.3 is 5.73 Å². The standard InChI is InChI=1S/C13H11BrN2OS/c14-10-3-1-2-9-8(10)5-4-7-6-11(16-13(15)17)18-12(7)9/h1-3,6H,4-5H2,(H3,15,16,17). The molecule has 1 aliphatic rings. The van der Waals surface area contributed by atoms with Gasteiger partial charge in [0.15, 0.2) is 0 Å². The maximum Gasteiger partial charge on any atom is 0.317 e. The van der Waals surface area contributed by atoms with E-state index >= 15 is 0 Å². The summed E-state index contributed by atoms with van der Waals surface area (Å²) in [5.74, 6) is 0. The number of anilines is 1. The molecular formula is C13H11BrN2OS. The van der Waals surface area contributed by atoms with Gasteiger partial charge in [-0.1, -0.05) is 28.1 Å². The number of amides is 2. The Kier molecular flexibility index (Phi) is 2.87. The van der Waals surface area contributed by atoms with Gasteiger partial charge in [-0.25, -0.2) is 4.79 Å². The van der Waals surface area contributed by atoms with Gasteiger partial charge in [0, 0.05) is 9.35 Å². The smallest absolute Gasteiger partial charge is 0.317 e. The fraction of sp³-hybridized carbons (Fsp3) is 0.154. The van der Waals surface area contributed by atoms with Crippen molar-refractivity contribution in [3.8, 4) is 10.4 Å². The highest BCUT2D eigenvalue weighted by molar-refractivity contribution is 9.10. The van der Waals surface area contributed by atoms with E-state index in [4.69, 9.17) is 5.73 Å². The van der Waals surface area contributed by atoms with E-state index in [0.29, 0.717) is 0 Å². The molecule has 0 saturated carbocycles. The van der Waals surface area contributed by atoms with Crippen molar-refractivity contribution in [1.29, 1.82) is 0 Å². The summed E-state index contributed by atoms with van der Waals surface area (Å²) in [5, 5.41) is 3.47. The lowest BCUT2D eigenvalue weighted by atomic mass is 9.92. The van der Waals surface area contributed by atoms with Crippen LogP contribution in [0.3, 0.4) is 0 Å². The van der Waals surface area contributed by atoms with Gasteiger partial charge in [-0.3, -0.25) is 5.32 Å². The van der Waals surface area contributed by atoms with Gasteiger partial charge >= 0.3 is 6.03 Å². The lowest BCUT2D eigenvalue weighted by molar-refractivity contribution is 0.259. The van der Waals surface area contributed by atoms with Crippen LogP contribution >= 0.6 is 27.3 Å². The molecule has 0 aliphatic heterocycles. The summed E-state index contributed by atoms with van der Waals surface area (Å²) in [6.45, 7) is 0. The van der Waals surface area contributed by atoms with Crippen LogP contribution in [-0.4, -0.2) is 6.03 Å². The number of nitrogens with one attached hydrogen (secondary N) is 1. The minimum Gasteiger partial charge on any atom is -0.351 e. The van der Waals surface area contributed by atoms with Crippen molar-refractivity contribution in [3.05, 3.63) is 39.9 Å². The molecule has 0 radical (unpaired) electrons. The molecule has 3 N–H and O–H groups in total. The van der Waals surface area contributed by atoms with Gasteiger partial charge in [-0.15, -0.1) is 11.3 Å². The van der Waals surface area contributed by atoms with E-state index in [1.807, 2.05) is 12.1 Å². The molecule has 2 aromatic rings. The number of fused-ring (bicyclic) bond motifs is 3. The normalized spacial score (nSPS) is 12.7. The number of rotatable bonds is 1. The van der Waals surface area contributed by atoms with Crippen molar-refractivity contribution >= 4 is 38.3 Å². The summed E-state index contributed by atoms with van der Waals surface area (Å²) in [6.07, 6.45) is 2.03. The van der Waals surface area contributed by atoms with Crippen molar-refractivity contribution in [2.75, 3.05) is 5.32 Å². The first-order valence-electron chi connectivity index (χ1n) is 5.62. The average molecular weight is 323 g/mol. The van der Waals surface area contributed by atoms with Crippen LogP contribution in [0.2, 0.25) is 0 Å². The Balaban J connectivity index is 2.10. The molecule has 0 unspecified atom stereocenters. The number of hydrogen-bond acceptors (Lipinski definition) is 2. The molecular weight excluding hydrogens is 312 g/mol. The monoisotopic (exact) mass is 322 g/mol. The quantitative estimate of drug-likeness (QED) is 0.825. The fourth-order valence-corrected chi connectivity index (χ4v) is 4.04. The molecule has 92 valence electrons. The Morgan fingerprint density at radius 1 is 1.39 bits per heavy atom. The van der Waals surface area contributed by atoms with E-state index in [0.717, 1.165) is 22.3 Å². The second-order valence-corrected chi connectivity index (χ2v) is 6.13. The summed E-state index contributed by atoms with van der Waals surface area (Å²) in [5.41, 5.74) is 9.04. The highest BCUT2D eigenvalue weighted by atomic mass is 79.9. The molecule has 18 heavy (non-hydrogen) atoms. The number of hydrogen-bond donors (Lipinski definition) is 2. The highest BCUT2D eigenvalue weighted by Gasteiger charge is 2.20. The summed E-state index contributed by atoms with van der Waals surface area (Å²) in [4.78, 5) is 12.1. The predicted octanol–water partition coefficient (Wildman–Crippen LogP) is 3.77. The molecule has 0 spiro atoms. The number of aryl methyl sites for hydroxylation is 1. The zero-order chi connectivity index (χ0) is 12.7. The van der Waals surface area contributed by atoms with Gasteiger partial charge in [0.1, 0.15) is 0 Å². The van der Waals surface area contributed by atoms with Gasteiger partial charge in [-0.2, -0.15) is 0 Å². The Labute approximate surface area is 117 Å². The topological polar surface area (TPSA) is 55.1 Å². The molecule has 1 aromatic heterocycles. The summed E-state index contributed by atoms with van der Waals surface area (Å²) < 4.78 is 1.16.